The minimum absolute atomic E-state index is 0.118. The van der Waals surface area contributed by atoms with Crippen LogP contribution in [0.25, 0.3) is 11.0 Å². The molecule has 1 saturated heterocycles. The van der Waals surface area contributed by atoms with Crippen LogP contribution >= 0.6 is 12.2 Å². The molecule has 1 aliphatic heterocycles. The second-order valence-electron chi connectivity index (χ2n) is 5.91. The third-order valence-electron chi connectivity index (χ3n) is 3.77. The van der Waals surface area contributed by atoms with E-state index in [2.05, 4.69) is 20.6 Å². The predicted octanol–water partition coefficient (Wildman–Crippen LogP) is 1.10. The van der Waals surface area contributed by atoms with Crippen molar-refractivity contribution >= 4 is 38.2 Å². The normalized spacial score (nSPS) is 23.5. The summed E-state index contributed by atoms with van der Waals surface area (Å²) in [7, 11) is -2.95. The number of para-hydroxylation sites is 2. The molecular weight excluding hydrogens is 320 g/mol. The highest BCUT2D eigenvalue weighted by Gasteiger charge is 2.38. The van der Waals surface area contributed by atoms with Gasteiger partial charge in [-0.25, -0.2) is 13.4 Å². The van der Waals surface area contributed by atoms with E-state index in [4.69, 9.17) is 12.2 Å². The number of rotatable bonds is 3. The summed E-state index contributed by atoms with van der Waals surface area (Å²) in [6.07, 6.45) is 0.571. The van der Waals surface area contributed by atoms with E-state index in [1.54, 1.807) is 0 Å². The average Bonchev–Trinajstić information content (AvgIpc) is 2.96. The first-order valence-corrected chi connectivity index (χ1v) is 9.28. The number of nitrogens with one attached hydrogen (secondary N) is 3. The van der Waals surface area contributed by atoms with Gasteiger partial charge in [0, 0.05) is 0 Å². The summed E-state index contributed by atoms with van der Waals surface area (Å²) in [5, 5.41) is 6.63. The van der Waals surface area contributed by atoms with E-state index in [-0.39, 0.29) is 11.5 Å². The van der Waals surface area contributed by atoms with E-state index < -0.39 is 15.4 Å². The summed E-state index contributed by atoms with van der Waals surface area (Å²) in [6.45, 7) is 2.34. The number of thiocarbonyl (C=S) groups is 1. The zero-order valence-corrected chi connectivity index (χ0v) is 13.9. The van der Waals surface area contributed by atoms with E-state index >= 15 is 0 Å². The standard InChI is InChI=1S/C14H18N4O2S2/c1-14(6-7-22(19,20)9-14)18-13(21)15-8-12-16-10-4-2-3-5-11(10)17-12/h2-5H,6-9H2,1H3,(H,16,17)(H2,15,18,21)/t14-/m0/s1. The summed E-state index contributed by atoms with van der Waals surface area (Å²) >= 11 is 5.26. The Labute approximate surface area is 134 Å². The van der Waals surface area contributed by atoms with E-state index in [9.17, 15) is 8.42 Å². The molecule has 8 heteroatoms. The molecule has 0 spiro atoms. The first kappa shape index (κ1) is 15.2. The molecule has 0 saturated carbocycles. The van der Waals surface area contributed by atoms with Crippen LogP contribution in [0.3, 0.4) is 0 Å². The first-order chi connectivity index (χ1) is 10.4. The van der Waals surface area contributed by atoms with Crippen molar-refractivity contribution in [2.45, 2.75) is 25.4 Å². The lowest BCUT2D eigenvalue weighted by Gasteiger charge is -2.25. The van der Waals surface area contributed by atoms with E-state index in [1.165, 1.54) is 0 Å². The minimum Gasteiger partial charge on any atom is -0.357 e. The number of H-pyrrole nitrogens is 1. The molecule has 2 aromatic rings. The van der Waals surface area contributed by atoms with Gasteiger partial charge in [-0.15, -0.1) is 0 Å². The van der Waals surface area contributed by atoms with Gasteiger partial charge in [0.2, 0.25) is 0 Å². The Morgan fingerprint density at radius 2 is 2.23 bits per heavy atom. The van der Waals surface area contributed by atoms with Crippen LogP contribution in [0, 0.1) is 0 Å². The monoisotopic (exact) mass is 338 g/mol. The maximum absolute atomic E-state index is 11.6. The highest BCUT2D eigenvalue weighted by atomic mass is 32.2. The quantitative estimate of drug-likeness (QED) is 0.727. The first-order valence-electron chi connectivity index (χ1n) is 7.05. The van der Waals surface area contributed by atoms with Gasteiger partial charge in [0.15, 0.2) is 14.9 Å². The Hall–Kier alpha value is -1.67. The molecule has 2 heterocycles. The molecule has 1 aliphatic rings. The maximum atomic E-state index is 11.6. The predicted molar refractivity (Wildman–Crippen MR) is 90.3 cm³/mol. The summed E-state index contributed by atoms with van der Waals surface area (Å²) in [4.78, 5) is 7.67. The molecule has 1 fully saturated rings. The number of fused-ring (bicyclic) bond motifs is 1. The lowest BCUT2D eigenvalue weighted by Crippen LogP contribution is -2.50. The van der Waals surface area contributed by atoms with Gasteiger partial charge in [-0.3, -0.25) is 0 Å². The second-order valence-corrected chi connectivity index (χ2v) is 8.50. The number of sulfone groups is 1. The Bertz CT molecular complexity index is 782. The summed E-state index contributed by atoms with van der Waals surface area (Å²) in [5.41, 5.74) is 1.40. The van der Waals surface area contributed by atoms with Crippen molar-refractivity contribution in [3.05, 3.63) is 30.1 Å². The number of nitrogens with zero attached hydrogens (tertiary/aromatic N) is 1. The smallest absolute Gasteiger partial charge is 0.167 e. The van der Waals surface area contributed by atoms with Gasteiger partial charge in [-0.1, -0.05) is 12.1 Å². The number of hydrogen-bond donors (Lipinski definition) is 3. The molecule has 22 heavy (non-hydrogen) atoms. The number of benzene rings is 1. The number of hydrogen-bond acceptors (Lipinski definition) is 4. The van der Waals surface area contributed by atoms with Crippen LogP contribution in [0.1, 0.15) is 19.2 Å². The van der Waals surface area contributed by atoms with Crippen molar-refractivity contribution in [1.29, 1.82) is 0 Å². The summed E-state index contributed by atoms with van der Waals surface area (Å²) < 4.78 is 23.2. The fraction of sp³-hybridized carbons (Fsp3) is 0.429. The maximum Gasteiger partial charge on any atom is 0.167 e. The second kappa shape index (κ2) is 5.51. The van der Waals surface area contributed by atoms with E-state index in [0.717, 1.165) is 16.9 Å². The minimum atomic E-state index is -2.95. The van der Waals surface area contributed by atoms with E-state index in [0.29, 0.717) is 18.1 Å². The Morgan fingerprint density at radius 1 is 1.45 bits per heavy atom. The zero-order chi connectivity index (χ0) is 15.8. The van der Waals surface area contributed by atoms with Gasteiger partial charge in [-0.05, 0) is 37.7 Å². The fourth-order valence-corrected chi connectivity index (χ4v) is 5.09. The third-order valence-corrected chi connectivity index (χ3v) is 5.92. The van der Waals surface area contributed by atoms with Crippen LogP contribution in [-0.4, -0.2) is 40.5 Å². The SMILES string of the molecule is C[C@]1(NC(=S)NCc2nc3ccccc3[nH]2)CCS(=O)(=O)C1. The average molecular weight is 338 g/mol. The molecule has 3 N–H and O–H groups in total. The Morgan fingerprint density at radius 3 is 2.91 bits per heavy atom. The van der Waals surface area contributed by atoms with Crippen molar-refractivity contribution < 1.29 is 8.42 Å². The molecule has 118 valence electrons. The molecule has 0 unspecified atom stereocenters. The highest BCUT2D eigenvalue weighted by Crippen LogP contribution is 2.22. The van der Waals surface area contributed by atoms with Crippen molar-refractivity contribution in [3.8, 4) is 0 Å². The van der Waals surface area contributed by atoms with Crippen LogP contribution in [0.2, 0.25) is 0 Å². The van der Waals surface area contributed by atoms with Crippen LogP contribution in [0.15, 0.2) is 24.3 Å². The van der Waals surface area contributed by atoms with Crippen LogP contribution in [0.5, 0.6) is 0 Å². The van der Waals surface area contributed by atoms with Crippen LogP contribution in [-0.2, 0) is 16.4 Å². The van der Waals surface area contributed by atoms with Gasteiger partial charge in [0.25, 0.3) is 0 Å². The molecule has 0 aliphatic carbocycles. The largest absolute Gasteiger partial charge is 0.357 e. The van der Waals surface area contributed by atoms with Gasteiger partial charge in [-0.2, -0.15) is 0 Å². The van der Waals surface area contributed by atoms with Crippen LogP contribution in [0.4, 0.5) is 0 Å². The number of aromatic amines is 1. The number of imidazole rings is 1. The Balaban J connectivity index is 1.58. The fourth-order valence-electron chi connectivity index (χ4n) is 2.68. The van der Waals surface area contributed by atoms with Gasteiger partial charge >= 0.3 is 0 Å². The molecule has 3 rings (SSSR count). The molecule has 0 bridgehead atoms. The molecule has 1 atom stereocenters. The van der Waals surface area contributed by atoms with Gasteiger partial charge < -0.3 is 15.6 Å². The molecule has 1 aromatic carbocycles. The molecule has 0 radical (unpaired) electrons. The lowest BCUT2D eigenvalue weighted by atomic mass is 10.0. The van der Waals surface area contributed by atoms with Crippen molar-refractivity contribution in [3.63, 3.8) is 0 Å². The molecule has 0 amide bonds. The van der Waals surface area contributed by atoms with Crippen molar-refractivity contribution in [2.75, 3.05) is 11.5 Å². The molecule has 6 nitrogen and oxygen atoms in total. The lowest BCUT2D eigenvalue weighted by molar-refractivity contribution is 0.467. The van der Waals surface area contributed by atoms with Crippen LogP contribution < -0.4 is 10.6 Å². The van der Waals surface area contributed by atoms with E-state index in [1.807, 2.05) is 31.2 Å². The van der Waals surface area contributed by atoms with Gasteiger partial charge in [0.1, 0.15) is 5.82 Å². The van der Waals surface area contributed by atoms with Gasteiger partial charge in [0.05, 0.1) is 34.6 Å². The Kier molecular flexibility index (Phi) is 3.82. The van der Waals surface area contributed by atoms with Crippen molar-refractivity contribution in [1.82, 2.24) is 20.6 Å². The summed E-state index contributed by atoms with van der Waals surface area (Å²) in [5.74, 6) is 1.12. The van der Waals surface area contributed by atoms with Crippen molar-refractivity contribution in [2.24, 2.45) is 0 Å². The number of aromatic nitrogens is 2. The summed E-state index contributed by atoms with van der Waals surface area (Å²) in [6, 6.07) is 7.79. The molecule has 1 aromatic heterocycles. The highest BCUT2D eigenvalue weighted by molar-refractivity contribution is 7.91. The topological polar surface area (TPSA) is 86.9 Å². The molecular formula is C14H18N4O2S2. The zero-order valence-electron chi connectivity index (χ0n) is 12.2. The third kappa shape index (κ3) is 3.38.